The first-order valence-electron chi connectivity index (χ1n) is 7.50. The molecule has 0 aromatic carbocycles. The second-order valence-corrected chi connectivity index (χ2v) is 5.63. The molecule has 0 radical (unpaired) electrons. The SMILES string of the molecule is CCNc1ncc(F)c(N2CCN(CC3CC3)CC2)n1. The molecule has 1 aliphatic heterocycles. The van der Waals surface area contributed by atoms with E-state index in [0.29, 0.717) is 11.8 Å². The third-order valence-electron chi connectivity index (χ3n) is 3.95. The summed E-state index contributed by atoms with van der Waals surface area (Å²) in [6.45, 7) is 7.59. The summed E-state index contributed by atoms with van der Waals surface area (Å²) >= 11 is 0. The lowest BCUT2D eigenvalue weighted by atomic mass is 10.2. The second kappa shape index (κ2) is 5.91. The van der Waals surface area contributed by atoms with Crippen molar-refractivity contribution >= 4 is 11.8 Å². The lowest BCUT2D eigenvalue weighted by Crippen LogP contribution is -2.47. The predicted molar refractivity (Wildman–Crippen MR) is 77.5 cm³/mol. The molecule has 2 fully saturated rings. The van der Waals surface area contributed by atoms with Gasteiger partial charge >= 0.3 is 0 Å². The van der Waals surface area contributed by atoms with Gasteiger partial charge in [-0.2, -0.15) is 4.98 Å². The van der Waals surface area contributed by atoms with E-state index in [0.717, 1.165) is 38.6 Å². The Bertz CT molecular complexity index is 455. The Labute approximate surface area is 119 Å². The molecule has 0 spiro atoms. The predicted octanol–water partition coefficient (Wildman–Crippen LogP) is 1.58. The summed E-state index contributed by atoms with van der Waals surface area (Å²) in [4.78, 5) is 12.8. The third-order valence-corrected chi connectivity index (χ3v) is 3.95. The molecule has 1 aliphatic carbocycles. The van der Waals surface area contributed by atoms with Crippen molar-refractivity contribution in [1.82, 2.24) is 14.9 Å². The molecule has 1 saturated heterocycles. The van der Waals surface area contributed by atoms with Crippen LogP contribution in [0.2, 0.25) is 0 Å². The Kier molecular flexibility index (Phi) is 4.00. The first-order chi connectivity index (χ1) is 9.76. The Morgan fingerprint density at radius 3 is 2.70 bits per heavy atom. The van der Waals surface area contributed by atoms with Gasteiger partial charge in [0, 0.05) is 39.3 Å². The quantitative estimate of drug-likeness (QED) is 0.886. The van der Waals surface area contributed by atoms with Crippen LogP contribution >= 0.6 is 0 Å². The maximum Gasteiger partial charge on any atom is 0.224 e. The van der Waals surface area contributed by atoms with Crippen LogP contribution in [-0.2, 0) is 0 Å². The average molecular weight is 279 g/mol. The molecule has 110 valence electrons. The molecule has 3 rings (SSSR count). The van der Waals surface area contributed by atoms with Gasteiger partial charge in [0.1, 0.15) is 0 Å². The van der Waals surface area contributed by atoms with Crippen LogP contribution in [0.3, 0.4) is 0 Å². The molecule has 0 atom stereocenters. The maximum atomic E-state index is 13.9. The number of hydrogen-bond acceptors (Lipinski definition) is 5. The van der Waals surface area contributed by atoms with E-state index < -0.39 is 0 Å². The maximum absolute atomic E-state index is 13.9. The first-order valence-corrected chi connectivity index (χ1v) is 7.50. The minimum Gasteiger partial charge on any atom is -0.354 e. The van der Waals surface area contributed by atoms with E-state index in [1.54, 1.807) is 0 Å². The monoisotopic (exact) mass is 279 g/mol. The minimum absolute atomic E-state index is 0.331. The highest BCUT2D eigenvalue weighted by atomic mass is 19.1. The van der Waals surface area contributed by atoms with Crippen molar-refractivity contribution < 1.29 is 4.39 Å². The molecule has 2 heterocycles. The standard InChI is InChI=1S/C14H22FN5/c1-2-16-14-17-9-12(15)13(18-14)20-7-5-19(6-8-20)10-11-3-4-11/h9,11H,2-8,10H2,1H3,(H,16,17,18). The van der Waals surface area contributed by atoms with E-state index in [1.807, 2.05) is 11.8 Å². The third kappa shape index (κ3) is 3.17. The van der Waals surface area contributed by atoms with Crippen molar-refractivity contribution in [1.29, 1.82) is 0 Å². The van der Waals surface area contributed by atoms with Gasteiger partial charge in [-0.1, -0.05) is 0 Å². The largest absolute Gasteiger partial charge is 0.354 e. The molecule has 1 aromatic heterocycles. The summed E-state index contributed by atoms with van der Waals surface area (Å²) in [5.74, 6) is 1.52. The van der Waals surface area contributed by atoms with Gasteiger partial charge in [-0.05, 0) is 25.7 Å². The normalized spacial score (nSPS) is 20.2. The van der Waals surface area contributed by atoms with E-state index in [2.05, 4.69) is 20.2 Å². The molecular formula is C14H22FN5. The number of anilines is 2. The van der Waals surface area contributed by atoms with E-state index in [4.69, 9.17) is 0 Å². The number of nitrogens with zero attached hydrogens (tertiary/aromatic N) is 4. The van der Waals surface area contributed by atoms with Crippen molar-refractivity contribution in [2.45, 2.75) is 19.8 Å². The van der Waals surface area contributed by atoms with Gasteiger partial charge in [-0.25, -0.2) is 9.37 Å². The van der Waals surface area contributed by atoms with E-state index in [-0.39, 0.29) is 5.82 Å². The summed E-state index contributed by atoms with van der Waals surface area (Å²) in [6, 6.07) is 0. The molecule has 1 aromatic rings. The van der Waals surface area contributed by atoms with E-state index in [9.17, 15) is 4.39 Å². The van der Waals surface area contributed by atoms with Crippen LogP contribution in [0.25, 0.3) is 0 Å². The van der Waals surface area contributed by atoms with E-state index >= 15 is 0 Å². The van der Waals surface area contributed by atoms with Crippen LogP contribution in [0, 0.1) is 11.7 Å². The van der Waals surface area contributed by atoms with E-state index in [1.165, 1.54) is 25.6 Å². The molecule has 0 bridgehead atoms. The van der Waals surface area contributed by atoms with Gasteiger partial charge in [0.25, 0.3) is 0 Å². The smallest absolute Gasteiger partial charge is 0.224 e. The van der Waals surface area contributed by atoms with Gasteiger partial charge in [-0.15, -0.1) is 0 Å². The zero-order valence-corrected chi connectivity index (χ0v) is 12.0. The second-order valence-electron chi connectivity index (χ2n) is 5.63. The van der Waals surface area contributed by atoms with Gasteiger partial charge < -0.3 is 10.2 Å². The summed E-state index contributed by atoms with van der Waals surface area (Å²) in [6.07, 6.45) is 4.02. The van der Waals surface area contributed by atoms with Gasteiger partial charge in [-0.3, -0.25) is 4.90 Å². The Morgan fingerprint density at radius 1 is 1.30 bits per heavy atom. The van der Waals surface area contributed by atoms with Crippen molar-refractivity contribution in [2.24, 2.45) is 5.92 Å². The molecule has 20 heavy (non-hydrogen) atoms. The highest BCUT2D eigenvalue weighted by Crippen LogP contribution is 2.30. The number of piperazine rings is 1. The summed E-state index contributed by atoms with van der Waals surface area (Å²) < 4.78 is 13.9. The van der Waals surface area contributed by atoms with Crippen molar-refractivity contribution in [2.75, 3.05) is 49.5 Å². The minimum atomic E-state index is -0.331. The first kappa shape index (κ1) is 13.5. The number of nitrogens with one attached hydrogen (secondary N) is 1. The average Bonchev–Trinajstić information content (AvgIpc) is 3.26. The number of halogens is 1. The van der Waals surface area contributed by atoms with Gasteiger partial charge in [0.15, 0.2) is 11.6 Å². The molecule has 5 nitrogen and oxygen atoms in total. The fourth-order valence-corrected chi connectivity index (χ4v) is 2.63. The van der Waals surface area contributed by atoms with Crippen LogP contribution in [-0.4, -0.2) is 54.1 Å². The summed E-state index contributed by atoms with van der Waals surface area (Å²) in [7, 11) is 0. The summed E-state index contributed by atoms with van der Waals surface area (Å²) in [5.41, 5.74) is 0. The van der Waals surface area contributed by atoms with Gasteiger partial charge in [0.05, 0.1) is 6.20 Å². The highest BCUT2D eigenvalue weighted by molar-refractivity contribution is 5.44. The number of rotatable bonds is 5. The molecule has 1 saturated carbocycles. The zero-order chi connectivity index (χ0) is 13.9. The molecule has 0 amide bonds. The van der Waals surface area contributed by atoms with Gasteiger partial charge in [0.2, 0.25) is 5.95 Å². The Balaban J connectivity index is 1.62. The van der Waals surface area contributed by atoms with Crippen LogP contribution in [0.1, 0.15) is 19.8 Å². The molecule has 2 aliphatic rings. The number of hydrogen-bond donors (Lipinski definition) is 1. The fraction of sp³-hybridized carbons (Fsp3) is 0.714. The Hall–Kier alpha value is -1.43. The topological polar surface area (TPSA) is 44.3 Å². The molecule has 0 unspecified atom stereocenters. The lowest BCUT2D eigenvalue weighted by molar-refractivity contribution is 0.247. The lowest BCUT2D eigenvalue weighted by Gasteiger charge is -2.35. The fourth-order valence-electron chi connectivity index (χ4n) is 2.63. The van der Waals surface area contributed by atoms with Crippen LogP contribution in [0.5, 0.6) is 0 Å². The highest BCUT2D eigenvalue weighted by Gasteiger charge is 2.27. The van der Waals surface area contributed by atoms with Crippen molar-refractivity contribution in [3.8, 4) is 0 Å². The van der Waals surface area contributed by atoms with Crippen LogP contribution in [0.15, 0.2) is 6.20 Å². The Morgan fingerprint density at radius 2 is 2.05 bits per heavy atom. The molecule has 1 N–H and O–H groups in total. The van der Waals surface area contributed by atoms with Crippen molar-refractivity contribution in [3.63, 3.8) is 0 Å². The van der Waals surface area contributed by atoms with Crippen molar-refractivity contribution in [3.05, 3.63) is 12.0 Å². The zero-order valence-electron chi connectivity index (χ0n) is 12.0. The number of aromatic nitrogens is 2. The van der Waals surface area contributed by atoms with Crippen LogP contribution in [0.4, 0.5) is 16.2 Å². The molecule has 6 heteroatoms. The molecular weight excluding hydrogens is 257 g/mol. The summed E-state index contributed by atoms with van der Waals surface area (Å²) in [5, 5.41) is 3.03. The van der Waals surface area contributed by atoms with Crippen LogP contribution < -0.4 is 10.2 Å².